The number of alkyl halides is 2. The molecule has 1 atom stereocenters. The Balaban J connectivity index is 1.51. The fourth-order valence-corrected chi connectivity index (χ4v) is 3.46. The maximum atomic E-state index is 12.7. The smallest absolute Gasteiger partial charge is 0.387 e. The average molecular weight is 447 g/mol. The number of amides is 1. The SMILES string of the molecule is CCNC(=NCCNC(=O)c1cccnc1)NC1CCN(c2ccccc2OC(F)F)C1. The van der Waals surface area contributed by atoms with Crippen molar-refractivity contribution < 1.29 is 18.3 Å². The number of carbonyl (C=O) groups is 1. The van der Waals surface area contributed by atoms with Crippen molar-refractivity contribution in [1.82, 2.24) is 20.9 Å². The topological polar surface area (TPSA) is 90.9 Å². The van der Waals surface area contributed by atoms with Gasteiger partial charge in [0.25, 0.3) is 5.91 Å². The Bertz CT molecular complexity index is 897. The summed E-state index contributed by atoms with van der Waals surface area (Å²) in [5.41, 5.74) is 1.15. The van der Waals surface area contributed by atoms with Crippen LogP contribution in [-0.4, -0.2) is 62.2 Å². The molecule has 0 aliphatic carbocycles. The molecule has 3 N–H and O–H groups in total. The van der Waals surface area contributed by atoms with Gasteiger partial charge in [-0.1, -0.05) is 12.1 Å². The number of nitrogens with zero attached hydrogens (tertiary/aromatic N) is 3. The zero-order chi connectivity index (χ0) is 22.8. The number of hydrogen-bond donors (Lipinski definition) is 3. The van der Waals surface area contributed by atoms with Gasteiger partial charge in [-0.25, -0.2) is 0 Å². The number of aliphatic imine (C=N–C) groups is 1. The molecule has 1 aliphatic rings. The summed E-state index contributed by atoms with van der Waals surface area (Å²) < 4.78 is 30.1. The lowest BCUT2D eigenvalue weighted by Crippen LogP contribution is -2.45. The van der Waals surface area contributed by atoms with Crippen molar-refractivity contribution >= 4 is 17.6 Å². The van der Waals surface area contributed by atoms with Gasteiger partial charge in [-0.05, 0) is 37.6 Å². The fraction of sp³-hybridized carbons (Fsp3) is 0.409. The van der Waals surface area contributed by atoms with Crippen LogP contribution in [0.25, 0.3) is 0 Å². The first-order valence-corrected chi connectivity index (χ1v) is 10.6. The number of rotatable bonds is 9. The van der Waals surface area contributed by atoms with Crippen LogP contribution in [0.5, 0.6) is 5.75 Å². The molecule has 1 unspecified atom stereocenters. The molecule has 32 heavy (non-hydrogen) atoms. The molecule has 2 aromatic rings. The van der Waals surface area contributed by atoms with Crippen LogP contribution in [0, 0.1) is 0 Å². The van der Waals surface area contributed by atoms with E-state index < -0.39 is 6.61 Å². The van der Waals surface area contributed by atoms with Crippen LogP contribution in [0.2, 0.25) is 0 Å². The number of anilines is 1. The van der Waals surface area contributed by atoms with Crippen molar-refractivity contribution in [3.63, 3.8) is 0 Å². The standard InChI is InChI=1S/C22H28F2N6O2/c1-2-26-22(28-12-11-27-20(31)16-6-5-10-25-14-16)29-17-9-13-30(15-17)18-7-3-4-8-19(18)32-21(23)24/h3-8,10,14,17,21H,2,9,11-13,15H2,1H3,(H,27,31)(H2,26,28,29). The van der Waals surface area contributed by atoms with E-state index in [1.807, 2.05) is 11.8 Å². The van der Waals surface area contributed by atoms with Crippen molar-refractivity contribution in [2.45, 2.75) is 26.0 Å². The maximum absolute atomic E-state index is 12.7. The quantitative estimate of drug-likeness (QED) is 0.311. The normalized spacial score (nSPS) is 16.2. The fourth-order valence-electron chi connectivity index (χ4n) is 3.46. The Hall–Kier alpha value is -3.43. The first-order chi connectivity index (χ1) is 15.6. The van der Waals surface area contributed by atoms with Crippen molar-refractivity contribution in [1.29, 1.82) is 0 Å². The molecule has 3 rings (SSSR count). The summed E-state index contributed by atoms with van der Waals surface area (Å²) >= 11 is 0. The number of ether oxygens (including phenoxy) is 1. The van der Waals surface area contributed by atoms with Gasteiger partial charge < -0.3 is 25.6 Å². The Labute approximate surface area is 186 Å². The number of carbonyl (C=O) groups excluding carboxylic acids is 1. The van der Waals surface area contributed by atoms with Gasteiger partial charge in [-0.2, -0.15) is 8.78 Å². The van der Waals surface area contributed by atoms with Gasteiger partial charge in [0.05, 0.1) is 17.8 Å². The van der Waals surface area contributed by atoms with Crippen LogP contribution in [0.3, 0.4) is 0 Å². The maximum Gasteiger partial charge on any atom is 0.387 e. The molecule has 1 aliphatic heterocycles. The molecular weight excluding hydrogens is 418 g/mol. The number of nitrogens with one attached hydrogen (secondary N) is 3. The minimum absolute atomic E-state index is 0.0948. The van der Waals surface area contributed by atoms with E-state index in [1.54, 1.807) is 42.6 Å². The van der Waals surface area contributed by atoms with Gasteiger partial charge in [-0.15, -0.1) is 0 Å². The first kappa shape index (κ1) is 23.2. The van der Waals surface area contributed by atoms with E-state index in [-0.39, 0.29) is 17.7 Å². The highest BCUT2D eigenvalue weighted by atomic mass is 19.3. The van der Waals surface area contributed by atoms with E-state index >= 15 is 0 Å². The largest absolute Gasteiger partial charge is 0.433 e. The molecule has 10 heteroatoms. The molecule has 0 bridgehead atoms. The molecular formula is C22H28F2N6O2. The molecule has 1 fully saturated rings. The van der Waals surface area contributed by atoms with E-state index in [2.05, 4.69) is 30.7 Å². The number of benzene rings is 1. The Morgan fingerprint density at radius 2 is 2.12 bits per heavy atom. The molecule has 0 saturated carbocycles. The summed E-state index contributed by atoms with van der Waals surface area (Å²) in [6, 6.07) is 10.3. The summed E-state index contributed by atoms with van der Waals surface area (Å²) in [6.07, 6.45) is 3.95. The monoisotopic (exact) mass is 446 g/mol. The van der Waals surface area contributed by atoms with Crippen molar-refractivity contribution in [2.24, 2.45) is 4.99 Å². The molecule has 8 nitrogen and oxygen atoms in total. The van der Waals surface area contributed by atoms with Gasteiger partial charge in [0.15, 0.2) is 5.96 Å². The average Bonchev–Trinajstić information content (AvgIpc) is 3.25. The molecule has 1 amide bonds. The lowest BCUT2D eigenvalue weighted by atomic mass is 10.2. The van der Waals surface area contributed by atoms with Gasteiger partial charge in [0.1, 0.15) is 5.75 Å². The molecule has 1 aromatic heterocycles. The van der Waals surface area contributed by atoms with Crippen LogP contribution in [0.15, 0.2) is 53.8 Å². The third kappa shape index (κ3) is 6.79. The molecule has 172 valence electrons. The summed E-state index contributed by atoms with van der Waals surface area (Å²) in [5, 5.41) is 9.39. The second-order valence-corrected chi connectivity index (χ2v) is 7.18. The number of para-hydroxylation sites is 2. The number of guanidine groups is 1. The zero-order valence-corrected chi connectivity index (χ0v) is 17.9. The molecule has 1 saturated heterocycles. The van der Waals surface area contributed by atoms with Crippen molar-refractivity contribution in [3.05, 3.63) is 54.4 Å². The van der Waals surface area contributed by atoms with Crippen molar-refractivity contribution in [3.8, 4) is 5.75 Å². The minimum atomic E-state index is -2.86. The van der Waals surface area contributed by atoms with E-state index in [1.165, 1.54) is 6.20 Å². The Morgan fingerprint density at radius 3 is 2.88 bits per heavy atom. The Kier molecular flexibility index (Phi) is 8.59. The third-order valence-corrected chi connectivity index (χ3v) is 4.89. The van der Waals surface area contributed by atoms with Gasteiger partial charge in [0.2, 0.25) is 0 Å². The highest BCUT2D eigenvalue weighted by Gasteiger charge is 2.26. The number of pyridine rings is 1. The van der Waals surface area contributed by atoms with Gasteiger partial charge in [-0.3, -0.25) is 14.8 Å². The van der Waals surface area contributed by atoms with Crippen LogP contribution in [-0.2, 0) is 0 Å². The number of aromatic nitrogens is 1. The summed E-state index contributed by atoms with van der Waals surface area (Å²) in [6.45, 7) is 1.93. The molecule has 0 spiro atoms. The number of hydrogen-bond acceptors (Lipinski definition) is 5. The predicted molar refractivity (Wildman–Crippen MR) is 119 cm³/mol. The third-order valence-electron chi connectivity index (χ3n) is 4.89. The highest BCUT2D eigenvalue weighted by molar-refractivity contribution is 5.93. The lowest BCUT2D eigenvalue weighted by molar-refractivity contribution is -0.0495. The zero-order valence-electron chi connectivity index (χ0n) is 17.9. The second kappa shape index (κ2) is 11.8. The van der Waals surface area contributed by atoms with Crippen LogP contribution >= 0.6 is 0 Å². The number of halogens is 2. The molecule has 2 heterocycles. The predicted octanol–water partition coefficient (Wildman–Crippen LogP) is 2.25. The van der Waals surface area contributed by atoms with E-state index in [0.717, 1.165) is 6.42 Å². The summed E-state index contributed by atoms with van der Waals surface area (Å²) in [4.78, 5) is 22.5. The van der Waals surface area contributed by atoms with Crippen LogP contribution < -0.4 is 25.6 Å². The van der Waals surface area contributed by atoms with E-state index in [0.29, 0.717) is 49.9 Å². The van der Waals surface area contributed by atoms with Crippen molar-refractivity contribution in [2.75, 3.05) is 37.6 Å². The van der Waals surface area contributed by atoms with Gasteiger partial charge >= 0.3 is 6.61 Å². The highest BCUT2D eigenvalue weighted by Crippen LogP contribution is 2.31. The van der Waals surface area contributed by atoms with E-state index in [9.17, 15) is 13.6 Å². The Morgan fingerprint density at radius 1 is 1.28 bits per heavy atom. The molecule has 1 aromatic carbocycles. The summed E-state index contributed by atoms with van der Waals surface area (Å²) in [5.74, 6) is 0.627. The van der Waals surface area contributed by atoms with Crippen LogP contribution in [0.1, 0.15) is 23.7 Å². The summed E-state index contributed by atoms with van der Waals surface area (Å²) in [7, 11) is 0. The minimum Gasteiger partial charge on any atom is -0.433 e. The van der Waals surface area contributed by atoms with Crippen LogP contribution in [0.4, 0.5) is 14.5 Å². The first-order valence-electron chi connectivity index (χ1n) is 10.6. The second-order valence-electron chi connectivity index (χ2n) is 7.18. The van der Waals surface area contributed by atoms with E-state index in [4.69, 9.17) is 0 Å². The molecule has 0 radical (unpaired) electrons. The lowest BCUT2D eigenvalue weighted by Gasteiger charge is -2.22. The van der Waals surface area contributed by atoms with Gasteiger partial charge in [0, 0.05) is 44.6 Å².